The number of Topliss-reactive ketones (excluding diaryl/α,β-unsaturated/α-hetero) is 1. The normalized spacial score (nSPS) is 16.1. The van der Waals surface area contributed by atoms with Crippen molar-refractivity contribution in [3.8, 4) is 0 Å². The van der Waals surface area contributed by atoms with Gasteiger partial charge in [0.2, 0.25) is 0 Å². The van der Waals surface area contributed by atoms with E-state index in [2.05, 4.69) is 5.32 Å². The number of alkyl halides is 6. The maximum absolute atomic E-state index is 13.7. The lowest BCUT2D eigenvalue weighted by atomic mass is 9.82. The summed E-state index contributed by atoms with van der Waals surface area (Å²) in [5.74, 6) is -6.19. The van der Waals surface area contributed by atoms with E-state index in [0.717, 1.165) is 5.56 Å². The summed E-state index contributed by atoms with van der Waals surface area (Å²) in [5.41, 5.74) is -3.94. The van der Waals surface area contributed by atoms with E-state index in [1.54, 1.807) is 13.8 Å². The van der Waals surface area contributed by atoms with E-state index in [-0.39, 0.29) is 36.9 Å². The lowest BCUT2D eigenvalue weighted by Gasteiger charge is -2.27. The molecule has 1 aliphatic rings. The first-order chi connectivity index (χ1) is 18.1. The van der Waals surface area contributed by atoms with Gasteiger partial charge in [-0.2, -0.15) is 26.3 Å². The van der Waals surface area contributed by atoms with Crippen LogP contribution in [-0.2, 0) is 26.8 Å². The molecule has 1 saturated heterocycles. The van der Waals surface area contributed by atoms with Gasteiger partial charge in [0, 0.05) is 37.8 Å². The van der Waals surface area contributed by atoms with Gasteiger partial charge in [0.15, 0.2) is 5.78 Å². The highest BCUT2D eigenvalue weighted by atomic mass is 19.4. The Bertz CT molecular complexity index is 1260. The van der Waals surface area contributed by atoms with Gasteiger partial charge in [-0.15, -0.1) is 5.06 Å². The highest BCUT2D eigenvalue weighted by molar-refractivity contribution is 6.10. The van der Waals surface area contributed by atoms with Crippen molar-refractivity contribution < 1.29 is 50.7 Å². The number of nitrogens with zero attached hydrogens (tertiary/aromatic N) is 1. The quantitative estimate of drug-likeness (QED) is 0.290. The van der Waals surface area contributed by atoms with Crippen molar-refractivity contribution in [3.63, 3.8) is 0 Å². The minimum Gasteiger partial charge on any atom is -0.478 e. The van der Waals surface area contributed by atoms with Crippen molar-refractivity contribution in [2.24, 2.45) is 0 Å². The molecule has 0 aliphatic carbocycles. The zero-order chi connectivity index (χ0) is 29.1. The summed E-state index contributed by atoms with van der Waals surface area (Å²) in [6.45, 7) is 4.63. The first kappa shape index (κ1) is 29.8. The molecule has 0 aromatic heterocycles. The largest absolute Gasteiger partial charge is 0.478 e. The second-order valence-corrected chi connectivity index (χ2v) is 8.93. The van der Waals surface area contributed by atoms with E-state index in [0.29, 0.717) is 24.7 Å². The Morgan fingerprint density at radius 1 is 0.923 bits per heavy atom. The minimum atomic E-state index is -5.23. The fraction of sp³-hybridized carbons (Fsp3) is 0.346. The highest BCUT2D eigenvalue weighted by Gasteiger charge is 2.40. The van der Waals surface area contributed by atoms with E-state index < -0.39 is 58.3 Å². The molecule has 1 unspecified atom stereocenters. The number of carboxylic acids is 1. The summed E-state index contributed by atoms with van der Waals surface area (Å²) in [4.78, 5) is 43.8. The van der Waals surface area contributed by atoms with Crippen molar-refractivity contribution >= 4 is 17.7 Å². The van der Waals surface area contributed by atoms with Crippen molar-refractivity contribution in [2.75, 3.05) is 26.2 Å². The van der Waals surface area contributed by atoms with Gasteiger partial charge in [-0.25, -0.2) is 9.59 Å². The lowest BCUT2D eigenvalue weighted by molar-refractivity contribution is -0.188. The molecule has 1 aliphatic heterocycles. The maximum Gasteiger partial charge on any atom is 0.416 e. The number of piperazine rings is 1. The summed E-state index contributed by atoms with van der Waals surface area (Å²) in [6, 6.07) is 4.63. The number of hydrogen-bond acceptors (Lipinski definition) is 6. The average Bonchev–Trinajstić information content (AvgIpc) is 2.84. The second kappa shape index (κ2) is 11.6. The van der Waals surface area contributed by atoms with Gasteiger partial charge < -0.3 is 15.3 Å². The van der Waals surface area contributed by atoms with Gasteiger partial charge in [0.1, 0.15) is 0 Å². The molecule has 0 saturated carbocycles. The van der Waals surface area contributed by atoms with E-state index in [4.69, 9.17) is 4.84 Å². The molecule has 0 spiro atoms. The molecular formula is C26H24F6N2O5. The van der Waals surface area contributed by atoms with Gasteiger partial charge in [-0.1, -0.05) is 18.2 Å². The van der Waals surface area contributed by atoms with Gasteiger partial charge in [-0.05, 0) is 48.7 Å². The van der Waals surface area contributed by atoms with E-state index in [1.165, 1.54) is 23.3 Å². The number of benzene rings is 2. The number of ketones is 1. The molecule has 3 rings (SSSR count). The third-order valence-electron chi connectivity index (χ3n) is 6.11. The minimum absolute atomic E-state index is 0.0150. The zero-order valence-corrected chi connectivity index (χ0v) is 20.7. The number of rotatable bonds is 7. The molecule has 2 aromatic carbocycles. The Balaban J connectivity index is 2.22. The molecule has 1 fully saturated rings. The molecule has 7 nitrogen and oxygen atoms in total. The van der Waals surface area contributed by atoms with Gasteiger partial charge >= 0.3 is 24.3 Å². The smallest absolute Gasteiger partial charge is 0.416 e. The van der Waals surface area contributed by atoms with Crippen LogP contribution in [0.4, 0.5) is 26.3 Å². The van der Waals surface area contributed by atoms with Crippen molar-refractivity contribution in [2.45, 2.75) is 32.1 Å². The summed E-state index contributed by atoms with van der Waals surface area (Å²) < 4.78 is 80.9. The molecule has 210 valence electrons. The number of aryl methyl sites for hydroxylation is 2. The number of halogens is 6. The van der Waals surface area contributed by atoms with Crippen LogP contribution < -0.4 is 5.32 Å². The number of hydrogen-bond donors (Lipinski definition) is 2. The molecule has 2 N–H and O–H groups in total. The molecule has 1 heterocycles. The van der Waals surface area contributed by atoms with E-state index in [9.17, 15) is 45.8 Å². The highest BCUT2D eigenvalue weighted by Crippen LogP contribution is 2.38. The molecule has 0 bridgehead atoms. The monoisotopic (exact) mass is 558 g/mol. The molecule has 0 radical (unpaired) electrons. The van der Waals surface area contributed by atoms with Crippen LogP contribution >= 0.6 is 0 Å². The van der Waals surface area contributed by atoms with Crippen molar-refractivity contribution in [3.05, 3.63) is 81.4 Å². The summed E-state index contributed by atoms with van der Waals surface area (Å²) in [5, 5.41) is 13.7. The van der Waals surface area contributed by atoms with Gasteiger partial charge in [0.25, 0.3) is 0 Å². The fourth-order valence-electron chi connectivity index (χ4n) is 3.98. The Morgan fingerprint density at radius 2 is 1.49 bits per heavy atom. The van der Waals surface area contributed by atoms with Crippen LogP contribution in [0.15, 0.2) is 48.0 Å². The summed E-state index contributed by atoms with van der Waals surface area (Å²) >= 11 is 0. The predicted octanol–water partition coefficient (Wildman–Crippen LogP) is 4.68. The number of carboxylic acid groups (broad SMARTS) is 1. The first-order valence-electron chi connectivity index (χ1n) is 11.6. The molecule has 39 heavy (non-hydrogen) atoms. The van der Waals surface area contributed by atoms with Crippen molar-refractivity contribution in [1.82, 2.24) is 10.4 Å². The Kier molecular flexibility index (Phi) is 8.86. The molecule has 13 heteroatoms. The van der Waals surface area contributed by atoms with Crippen LogP contribution in [0.1, 0.15) is 44.1 Å². The topological polar surface area (TPSA) is 95.9 Å². The Labute approximate surface area is 219 Å². The van der Waals surface area contributed by atoms with Crippen LogP contribution in [-0.4, -0.2) is 54.1 Å². The number of carbonyl (C=O) groups excluding carboxylic acids is 2. The molecule has 1 atom stereocenters. The van der Waals surface area contributed by atoms with Crippen LogP contribution in [0.2, 0.25) is 0 Å². The lowest BCUT2D eigenvalue weighted by Crippen LogP contribution is -2.44. The third kappa shape index (κ3) is 7.45. The summed E-state index contributed by atoms with van der Waals surface area (Å²) in [7, 11) is 0. The van der Waals surface area contributed by atoms with Gasteiger partial charge in [-0.3, -0.25) is 4.79 Å². The average molecular weight is 558 g/mol. The molecule has 0 amide bonds. The maximum atomic E-state index is 13.7. The zero-order valence-electron chi connectivity index (χ0n) is 20.7. The van der Waals surface area contributed by atoms with Gasteiger partial charge in [0.05, 0.1) is 22.6 Å². The Hall–Kier alpha value is -3.71. The molecule has 2 aromatic rings. The third-order valence-corrected chi connectivity index (χ3v) is 6.11. The van der Waals surface area contributed by atoms with E-state index >= 15 is 0 Å². The van der Waals surface area contributed by atoms with Crippen LogP contribution in [0.5, 0.6) is 0 Å². The van der Waals surface area contributed by atoms with Crippen molar-refractivity contribution in [1.29, 1.82) is 0 Å². The second-order valence-electron chi connectivity index (χ2n) is 8.93. The number of aliphatic carboxylic acids is 1. The standard InChI is InChI=1S/C26H24F6N2O5/c1-14-3-4-16(9-15(14)2)22(20(13-21(35)36)24(38)39-34-7-5-33-6-8-34)23(37)17-10-18(25(27,28)29)12-19(11-17)26(30,31)32/h3-4,9-13,22,33H,5-8H2,1-2H3,(H,35,36)/b20-13+. The first-order valence-corrected chi connectivity index (χ1v) is 11.6. The summed E-state index contributed by atoms with van der Waals surface area (Å²) in [6.07, 6.45) is -10.1. The number of nitrogens with one attached hydrogen (secondary N) is 1. The Morgan fingerprint density at radius 3 is 1.97 bits per heavy atom. The van der Waals surface area contributed by atoms with Crippen LogP contribution in [0.25, 0.3) is 0 Å². The predicted molar refractivity (Wildman–Crippen MR) is 126 cm³/mol. The van der Waals surface area contributed by atoms with Crippen LogP contribution in [0.3, 0.4) is 0 Å². The van der Waals surface area contributed by atoms with Crippen LogP contribution in [0, 0.1) is 13.8 Å². The number of hydroxylamine groups is 2. The number of carbonyl (C=O) groups is 3. The fourth-order valence-corrected chi connectivity index (χ4v) is 3.98. The SMILES string of the molecule is Cc1ccc(C(C(=O)c2cc(C(F)(F)F)cc(C(F)(F)F)c2)/C(=C\C(=O)O)C(=O)ON2CCNCC2)cc1C. The molecular weight excluding hydrogens is 534 g/mol. The van der Waals surface area contributed by atoms with E-state index in [1.807, 2.05) is 0 Å².